The summed E-state index contributed by atoms with van der Waals surface area (Å²) in [4.78, 5) is 19.7. The van der Waals surface area contributed by atoms with E-state index in [2.05, 4.69) is 15.3 Å². The van der Waals surface area contributed by atoms with Gasteiger partial charge in [0.15, 0.2) is 11.5 Å². The Labute approximate surface area is 131 Å². The number of aromatic nitrogens is 2. The van der Waals surface area contributed by atoms with Gasteiger partial charge in [-0.1, -0.05) is 0 Å². The van der Waals surface area contributed by atoms with Crippen LogP contribution in [-0.2, 0) is 11.3 Å². The minimum atomic E-state index is -0.600. The van der Waals surface area contributed by atoms with E-state index >= 15 is 0 Å². The highest BCUT2D eigenvalue weighted by molar-refractivity contribution is 6.01. The summed E-state index contributed by atoms with van der Waals surface area (Å²) in [6.45, 7) is 0.142. The van der Waals surface area contributed by atoms with E-state index in [-0.39, 0.29) is 17.8 Å². The van der Waals surface area contributed by atoms with Crippen molar-refractivity contribution < 1.29 is 15.0 Å². The van der Waals surface area contributed by atoms with Crippen LogP contribution in [0.15, 0.2) is 36.3 Å². The summed E-state index contributed by atoms with van der Waals surface area (Å²) in [6, 6.07) is 5.94. The van der Waals surface area contributed by atoms with E-state index < -0.39 is 17.4 Å². The predicted octanol–water partition coefficient (Wildman–Crippen LogP) is 0.693. The Balaban J connectivity index is 2.15. The fraction of sp³-hybridized carbons (Fsp3) is 0.0667. The molecule has 0 radical (unpaired) electrons. The van der Waals surface area contributed by atoms with Crippen molar-refractivity contribution in [3.05, 3.63) is 47.6 Å². The lowest BCUT2D eigenvalue weighted by atomic mass is 10.1. The Bertz CT molecular complexity index is 773. The number of nitrogens with two attached hydrogens (primary N) is 1. The molecule has 1 amide bonds. The lowest BCUT2D eigenvalue weighted by Gasteiger charge is -2.05. The molecule has 116 valence electrons. The maximum Gasteiger partial charge on any atom is 0.262 e. The second-order valence-corrected chi connectivity index (χ2v) is 4.53. The van der Waals surface area contributed by atoms with Crippen LogP contribution in [0.1, 0.15) is 11.3 Å². The molecule has 0 bridgehead atoms. The maximum absolute atomic E-state index is 12.0. The van der Waals surface area contributed by atoms with Gasteiger partial charge in [0.1, 0.15) is 18.0 Å². The van der Waals surface area contributed by atoms with Gasteiger partial charge in [-0.05, 0) is 29.8 Å². The number of carbonyl (C=O) groups is 1. The minimum Gasteiger partial charge on any atom is -0.504 e. The number of nitriles is 1. The Kier molecular flexibility index (Phi) is 4.74. The average Bonchev–Trinajstić information content (AvgIpc) is 2.56. The molecule has 2 aromatic rings. The molecule has 1 heterocycles. The zero-order valence-electron chi connectivity index (χ0n) is 11.9. The molecule has 0 fully saturated rings. The van der Waals surface area contributed by atoms with Gasteiger partial charge in [-0.2, -0.15) is 5.26 Å². The number of carbonyl (C=O) groups excluding carboxylic acids is 1. The molecule has 23 heavy (non-hydrogen) atoms. The number of aromatic hydroxyl groups is 2. The number of phenols is 2. The molecule has 8 nitrogen and oxygen atoms in total. The topological polar surface area (TPSA) is 145 Å². The van der Waals surface area contributed by atoms with Crippen molar-refractivity contribution in [3.63, 3.8) is 0 Å². The normalized spacial score (nSPS) is 10.8. The van der Waals surface area contributed by atoms with Crippen LogP contribution in [-0.4, -0.2) is 26.1 Å². The first-order valence-electron chi connectivity index (χ1n) is 6.47. The molecule has 0 aliphatic carbocycles. The van der Waals surface area contributed by atoms with Gasteiger partial charge in [0.05, 0.1) is 17.9 Å². The third kappa shape index (κ3) is 3.95. The highest BCUT2D eigenvalue weighted by atomic mass is 16.3. The van der Waals surface area contributed by atoms with Crippen molar-refractivity contribution in [1.82, 2.24) is 15.3 Å². The number of nitrogens with zero attached hydrogens (tertiary/aromatic N) is 3. The van der Waals surface area contributed by atoms with Gasteiger partial charge in [0, 0.05) is 6.20 Å². The third-order valence-electron chi connectivity index (χ3n) is 2.89. The van der Waals surface area contributed by atoms with E-state index in [9.17, 15) is 15.0 Å². The zero-order chi connectivity index (χ0) is 16.8. The van der Waals surface area contributed by atoms with Crippen molar-refractivity contribution in [3.8, 4) is 17.6 Å². The van der Waals surface area contributed by atoms with Crippen LogP contribution < -0.4 is 11.1 Å². The number of amides is 1. The summed E-state index contributed by atoms with van der Waals surface area (Å²) in [5.41, 5.74) is 6.18. The van der Waals surface area contributed by atoms with Gasteiger partial charge < -0.3 is 21.3 Å². The molecule has 0 saturated carbocycles. The fourth-order valence-electron chi connectivity index (χ4n) is 1.75. The largest absolute Gasteiger partial charge is 0.504 e. The average molecular weight is 311 g/mol. The van der Waals surface area contributed by atoms with E-state index in [1.165, 1.54) is 30.7 Å². The summed E-state index contributed by atoms with van der Waals surface area (Å²) < 4.78 is 0. The monoisotopic (exact) mass is 311 g/mol. The number of rotatable bonds is 4. The van der Waals surface area contributed by atoms with Crippen molar-refractivity contribution in [1.29, 1.82) is 5.26 Å². The lowest BCUT2D eigenvalue weighted by molar-refractivity contribution is -0.117. The van der Waals surface area contributed by atoms with Crippen LogP contribution in [0, 0.1) is 11.3 Å². The van der Waals surface area contributed by atoms with Crippen LogP contribution in [0.4, 0.5) is 5.69 Å². The van der Waals surface area contributed by atoms with Crippen LogP contribution in [0.5, 0.6) is 11.5 Å². The van der Waals surface area contributed by atoms with Gasteiger partial charge in [-0.15, -0.1) is 0 Å². The first kappa shape index (κ1) is 15.8. The Morgan fingerprint density at radius 2 is 2.22 bits per heavy atom. The van der Waals surface area contributed by atoms with Gasteiger partial charge in [0.25, 0.3) is 5.91 Å². The van der Waals surface area contributed by atoms with Crippen LogP contribution in [0.2, 0.25) is 0 Å². The summed E-state index contributed by atoms with van der Waals surface area (Å²) in [6.07, 6.45) is 4.15. The second kappa shape index (κ2) is 6.91. The molecule has 0 aliphatic rings. The van der Waals surface area contributed by atoms with Gasteiger partial charge in [-0.25, -0.2) is 9.97 Å². The maximum atomic E-state index is 12.0. The first-order valence-corrected chi connectivity index (χ1v) is 6.47. The Morgan fingerprint density at radius 3 is 2.83 bits per heavy atom. The zero-order valence-corrected chi connectivity index (χ0v) is 11.9. The fourth-order valence-corrected chi connectivity index (χ4v) is 1.75. The molecule has 0 spiro atoms. The lowest BCUT2D eigenvalue weighted by Crippen LogP contribution is -2.24. The van der Waals surface area contributed by atoms with E-state index in [1.807, 2.05) is 0 Å². The summed E-state index contributed by atoms with van der Waals surface area (Å²) in [7, 11) is 0. The van der Waals surface area contributed by atoms with Crippen molar-refractivity contribution >= 4 is 17.7 Å². The van der Waals surface area contributed by atoms with E-state index in [0.29, 0.717) is 11.3 Å². The highest BCUT2D eigenvalue weighted by Gasteiger charge is 2.11. The molecular formula is C15H13N5O3. The molecule has 2 rings (SSSR count). The molecule has 0 saturated heterocycles. The second-order valence-electron chi connectivity index (χ2n) is 4.53. The van der Waals surface area contributed by atoms with Crippen LogP contribution >= 0.6 is 0 Å². The molecule has 1 aromatic heterocycles. The van der Waals surface area contributed by atoms with Crippen molar-refractivity contribution in [2.45, 2.75) is 6.54 Å². The molecular weight excluding hydrogens is 298 g/mol. The standard InChI is InChI=1S/C15H13N5O3/c16-6-10(3-9-4-12(17)14(22)13(21)5-9)15(23)19-7-11-1-2-18-8-20-11/h1-5,8,21-22H,7,17H2,(H,19,23)/b10-3+. The number of nitrogens with one attached hydrogen (secondary N) is 1. The SMILES string of the molecule is N#C/C(=C\c1cc(N)c(O)c(O)c1)C(=O)NCc1ccncn1. The summed E-state index contributed by atoms with van der Waals surface area (Å²) >= 11 is 0. The van der Waals surface area contributed by atoms with Gasteiger partial charge in [-0.3, -0.25) is 4.79 Å². The van der Waals surface area contributed by atoms with E-state index in [1.54, 1.807) is 12.1 Å². The molecule has 1 aromatic carbocycles. The molecule has 0 atom stereocenters. The molecule has 0 aliphatic heterocycles. The quantitative estimate of drug-likeness (QED) is 0.281. The van der Waals surface area contributed by atoms with E-state index in [0.717, 1.165) is 0 Å². The smallest absolute Gasteiger partial charge is 0.262 e. The summed E-state index contributed by atoms with van der Waals surface area (Å²) in [5, 5.41) is 30.5. The van der Waals surface area contributed by atoms with Crippen molar-refractivity contribution in [2.75, 3.05) is 5.73 Å². The van der Waals surface area contributed by atoms with Gasteiger partial charge in [0.2, 0.25) is 0 Å². The first-order chi connectivity index (χ1) is 11.0. The number of hydrogen-bond donors (Lipinski definition) is 4. The third-order valence-corrected chi connectivity index (χ3v) is 2.89. The number of anilines is 1. The summed E-state index contributed by atoms with van der Waals surface area (Å²) in [5.74, 6) is -1.49. The van der Waals surface area contributed by atoms with Crippen molar-refractivity contribution in [2.24, 2.45) is 0 Å². The minimum absolute atomic E-state index is 0.0602. The number of hydrogen-bond acceptors (Lipinski definition) is 7. The molecule has 8 heteroatoms. The molecule has 5 N–H and O–H groups in total. The number of nitrogen functional groups attached to an aromatic ring is 1. The predicted molar refractivity (Wildman–Crippen MR) is 81.7 cm³/mol. The Hall–Kier alpha value is -3.60. The number of phenolic OH excluding ortho intramolecular Hbond substituents is 2. The number of benzene rings is 1. The van der Waals surface area contributed by atoms with Crippen LogP contribution in [0.25, 0.3) is 6.08 Å². The Morgan fingerprint density at radius 1 is 1.43 bits per heavy atom. The molecule has 0 unspecified atom stereocenters. The highest BCUT2D eigenvalue weighted by Crippen LogP contribution is 2.32. The van der Waals surface area contributed by atoms with E-state index in [4.69, 9.17) is 11.0 Å². The van der Waals surface area contributed by atoms with Gasteiger partial charge >= 0.3 is 0 Å². The van der Waals surface area contributed by atoms with Crippen LogP contribution in [0.3, 0.4) is 0 Å².